The summed E-state index contributed by atoms with van der Waals surface area (Å²) in [5, 5.41) is 6.60. The Kier molecular flexibility index (Phi) is 4.32. The molecular formula is C26H17BrN2O4. The van der Waals surface area contributed by atoms with Crippen LogP contribution in [-0.2, 0) is 4.79 Å². The van der Waals surface area contributed by atoms with Gasteiger partial charge in [0.05, 0.1) is 28.3 Å². The molecule has 0 saturated heterocycles. The Balaban J connectivity index is 1.64. The van der Waals surface area contributed by atoms with Crippen molar-refractivity contribution < 1.29 is 13.9 Å². The van der Waals surface area contributed by atoms with E-state index in [1.165, 1.54) is 5.01 Å². The second-order valence-electron chi connectivity index (χ2n) is 8.09. The monoisotopic (exact) mass is 500 g/mol. The lowest BCUT2D eigenvalue weighted by atomic mass is 9.77. The first-order chi connectivity index (χ1) is 16.0. The lowest BCUT2D eigenvalue weighted by Gasteiger charge is -2.29. The molecule has 33 heavy (non-hydrogen) atoms. The topological polar surface area (TPSA) is 72.1 Å². The van der Waals surface area contributed by atoms with E-state index in [-0.39, 0.29) is 5.91 Å². The van der Waals surface area contributed by atoms with Crippen molar-refractivity contribution in [2.45, 2.75) is 18.4 Å². The van der Waals surface area contributed by atoms with Gasteiger partial charge in [-0.3, -0.25) is 4.79 Å². The number of halogens is 1. The lowest BCUT2D eigenvalue weighted by molar-refractivity contribution is -0.127. The normalized spacial score (nSPS) is 21.4. The van der Waals surface area contributed by atoms with Gasteiger partial charge in [0.1, 0.15) is 11.3 Å². The number of hydrazone groups is 1. The second-order valence-corrected chi connectivity index (χ2v) is 9.01. The zero-order valence-electron chi connectivity index (χ0n) is 17.5. The van der Waals surface area contributed by atoms with Crippen molar-refractivity contribution in [2.75, 3.05) is 5.01 Å². The highest BCUT2D eigenvalue weighted by Gasteiger charge is 2.63. The Labute approximate surface area is 197 Å². The van der Waals surface area contributed by atoms with Gasteiger partial charge in [-0.1, -0.05) is 58.4 Å². The maximum atomic E-state index is 14.1. The molecule has 2 atom stereocenters. The summed E-state index contributed by atoms with van der Waals surface area (Å²) in [7, 11) is 0. The van der Waals surface area contributed by atoms with Crippen molar-refractivity contribution >= 4 is 44.2 Å². The Bertz CT molecular complexity index is 1530. The van der Waals surface area contributed by atoms with Crippen LogP contribution in [0.4, 0.5) is 5.69 Å². The largest absolute Gasteiger partial charge is 0.469 e. The summed E-state index contributed by atoms with van der Waals surface area (Å²) in [6.07, 6.45) is 0. The number of ether oxygens (including phenoxy) is 1. The van der Waals surface area contributed by atoms with Crippen LogP contribution in [0.1, 0.15) is 24.0 Å². The van der Waals surface area contributed by atoms with Crippen LogP contribution in [0.2, 0.25) is 0 Å². The third-order valence-corrected chi connectivity index (χ3v) is 6.73. The molecule has 0 unspecified atom stereocenters. The number of carbonyl (C=O) groups excluding carboxylic acids is 1. The Morgan fingerprint density at radius 1 is 0.970 bits per heavy atom. The van der Waals surface area contributed by atoms with Crippen LogP contribution < -0.4 is 15.4 Å². The summed E-state index contributed by atoms with van der Waals surface area (Å²) in [6.45, 7) is 1.77. The molecule has 0 radical (unpaired) electrons. The highest BCUT2D eigenvalue weighted by molar-refractivity contribution is 9.10. The number of para-hydroxylation sites is 2. The molecule has 0 aliphatic carbocycles. The van der Waals surface area contributed by atoms with Gasteiger partial charge < -0.3 is 9.15 Å². The van der Waals surface area contributed by atoms with Gasteiger partial charge in [-0.25, -0.2) is 4.79 Å². The number of carbonyl (C=O) groups is 1. The minimum atomic E-state index is -1.50. The van der Waals surface area contributed by atoms with Gasteiger partial charge in [-0.05, 0) is 48.9 Å². The van der Waals surface area contributed by atoms with E-state index in [2.05, 4.69) is 21.0 Å². The van der Waals surface area contributed by atoms with Gasteiger partial charge in [0.2, 0.25) is 5.60 Å². The summed E-state index contributed by atoms with van der Waals surface area (Å²) >= 11 is 3.52. The van der Waals surface area contributed by atoms with Gasteiger partial charge in [0, 0.05) is 4.47 Å². The van der Waals surface area contributed by atoms with Crippen molar-refractivity contribution in [3.05, 3.63) is 105 Å². The van der Waals surface area contributed by atoms with E-state index in [1.54, 1.807) is 19.1 Å². The SMILES string of the molecule is CC1=NN(c2ccccc2)C(=O)[C@]12Oc1c(c(=O)oc3ccccc13)[C@@H]2c1cccc(Br)c1. The number of rotatable bonds is 2. The number of fused-ring (bicyclic) bond motifs is 3. The standard InChI is InChI=1S/C26H17BrN2O4/c1-15-26(25(31)29(28-15)18-10-3-2-4-11-18)22(16-8-7-9-17(27)14-16)21-23(33-26)19-12-5-6-13-20(19)32-24(21)30/h2-14,22H,1H3/t22-,26-/m0/s1. The van der Waals surface area contributed by atoms with Crippen LogP contribution in [0.15, 0.2) is 97.6 Å². The fourth-order valence-corrected chi connectivity index (χ4v) is 5.20. The van der Waals surface area contributed by atoms with Gasteiger partial charge in [-0.2, -0.15) is 10.1 Å². The van der Waals surface area contributed by atoms with Crippen molar-refractivity contribution in [1.82, 2.24) is 0 Å². The number of anilines is 1. The van der Waals surface area contributed by atoms with Crippen LogP contribution in [-0.4, -0.2) is 17.2 Å². The quantitative estimate of drug-likeness (QED) is 0.352. The summed E-state index contributed by atoms with van der Waals surface area (Å²) in [5.74, 6) is -0.712. The highest BCUT2D eigenvalue weighted by atomic mass is 79.9. The molecule has 3 aromatic carbocycles. The molecule has 7 heteroatoms. The van der Waals surface area contributed by atoms with E-state index >= 15 is 0 Å². The lowest BCUT2D eigenvalue weighted by Crippen LogP contribution is -2.53. The summed E-state index contributed by atoms with van der Waals surface area (Å²) in [5.41, 5.74) is 0.561. The summed E-state index contributed by atoms with van der Waals surface area (Å²) < 4.78 is 13.0. The molecule has 4 aromatic rings. The van der Waals surface area contributed by atoms with E-state index in [0.29, 0.717) is 33.7 Å². The maximum absolute atomic E-state index is 14.1. The maximum Gasteiger partial charge on any atom is 0.344 e. The third-order valence-electron chi connectivity index (χ3n) is 6.24. The molecule has 1 amide bonds. The Hall–Kier alpha value is -3.71. The van der Waals surface area contributed by atoms with Gasteiger partial charge in [0.25, 0.3) is 5.91 Å². The molecule has 0 saturated carbocycles. The minimum absolute atomic E-state index is 0.324. The summed E-state index contributed by atoms with van der Waals surface area (Å²) in [6, 6.07) is 23.9. The minimum Gasteiger partial charge on any atom is -0.469 e. The molecule has 2 aliphatic rings. The Morgan fingerprint density at radius 2 is 1.73 bits per heavy atom. The first-order valence-corrected chi connectivity index (χ1v) is 11.3. The van der Waals surface area contributed by atoms with E-state index in [1.807, 2.05) is 66.7 Å². The van der Waals surface area contributed by atoms with Crippen LogP contribution in [0.5, 0.6) is 5.75 Å². The van der Waals surface area contributed by atoms with Crippen LogP contribution in [0.25, 0.3) is 11.0 Å². The molecule has 0 fully saturated rings. The Morgan fingerprint density at radius 3 is 2.52 bits per heavy atom. The van der Waals surface area contributed by atoms with Crippen LogP contribution in [0, 0.1) is 0 Å². The van der Waals surface area contributed by atoms with Crippen LogP contribution in [0.3, 0.4) is 0 Å². The predicted octanol–water partition coefficient (Wildman–Crippen LogP) is 5.24. The highest BCUT2D eigenvalue weighted by Crippen LogP contribution is 2.53. The summed E-state index contributed by atoms with van der Waals surface area (Å²) in [4.78, 5) is 27.3. The first kappa shape index (κ1) is 19.9. The molecule has 3 heterocycles. The number of hydrogen-bond donors (Lipinski definition) is 0. The first-order valence-electron chi connectivity index (χ1n) is 10.5. The van der Waals surface area contributed by atoms with Crippen LogP contribution >= 0.6 is 15.9 Å². The van der Waals surface area contributed by atoms with E-state index < -0.39 is 17.1 Å². The van der Waals surface area contributed by atoms with Crippen molar-refractivity contribution in [1.29, 1.82) is 0 Å². The smallest absolute Gasteiger partial charge is 0.344 e. The molecule has 0 bridgehead atoms. The van der Waals surface area contributed by atoms with Crippen molar-refractivity contribution in [3.63, 3.8) is 0 Å². The number of benzene rings is 3. The fourth-order valence-electron chi connectivity index (χ4n) is 4.78. The fraction of sp³-hybridized carbons (Fsp3) is 0.115. The predicted molar refractivity (Wildman–Crippen MR) is 129 cm³/mol. The van der Waals surface area contributed by atoms with Gasteiger partial charge in [0.15, 0.2) is 0 Å². The van der Waals surface area contributed by atoms with Gasteiger partial charge in [-0.15, -0.1) is 0 Å². The second kappa shape index (κ2) is 7.15. The molecule has 2 aliphatic heterocycles. The number of nitrogens with zero attached hydrogens (tertiary/aromatic N) is 2. The average molecular weight is 501 g/mol. The van der Waals surface area contributed by atoms with E-state index in [4.69, 9.17) is 9.15 Å². The molecule has 1 spiro atoms. The third kappa shape index (κ3) is 2.75. The van der Waals surface area contributed by atoms with E-state index in [0.717, 1.165) is 10.0 Å². The zero-order chi connectivity index (χ0) is 22.7. The number of amides is 1. The van der Waals surface area contributed by atoms with Gasteiger partial charge >= 0.3 is 5.63 Å². The molecule has 6 rings (SSSR count). The van der Waals surface area contributed by atoms with Crippen molar-refractivity contribution in [2.24, 2.45) is 5.10 Å². The molecule has 6 nitrogen and oxygen atoms in total. The average Bonchev–Trinajstić information content (AvgIpc) is 3.32. The zero-order valence-corrected chi connectivity index (χ0v) is 19.1. The molecular weight excluding hydrogens is 484 g/mol. The molecule has 162 valence electrons. The molecule has 1 aromatic heterocycles. The molecule has 0 N–H and O–H groups in total. The van der Waals surface area contributed by atoms with Crippen molar-refractivity contribution in [3.8, 4) is 5.75 Å². The number of hydrogen-bond acceptors (Lipinski definition) is 5. The van der Waals surface area contributed by atoms with E-state index in [9.17, 15) is 9.59 Å².